The molecule has 0 aliphatic rings. The van der Waals surface area contributed by atoms with Gasteiger partial charge in [-0.25, -0.2) is 19.7 Å². The van der Waals surface area contributed by atoms with Gasteiger partial charge in [0.25, 0.3) is 5.91 Å². The summed E-state index contributed by atoms with van der Waals surface area (Å²) in [7, 11) is 0. The Morgan fingerprint density at radius 1 is 0.857 bits per heavy atom. The fourth-order valence-corrected chi connectivity index (χ4v) is 4.49. The highest BCUT2D eigenvalue weighted by Gasteiger charge is 2.15. The Kier molecular flexibility index (Phi) is 9.51. The van der Waals surface area contributed by atoms with Gasteiger partial charge in [0, 0.05) is 48.7 Å². The van der Waals surface area contributed by atoms with Crippen LogP contribution < -0.4 is 10.6 Å². The van der Waals surface area contributed by atoms with Crippen molar-refractivity contribution in [3.63, 3.8) is 0 Å². The maximum Gasteiger partial charge on any atom is 0.407 e. The third-order valence-electron chi connectivity index (χ3n) is 6.81. The number of carbonyl (C=O) groups excluding carboxylic acids is 2. The van der Waals surface area contributed by atoms with Gasteiger partial charge in [0.1, 0.15) is 0 Å². The van der Waals surface area contributed by atoms with Gasteiger partial charge in [0.15, 0.2) is 0 Å². The number of benzene rings is 3. The molecule has 0 spiro atoms. The molecule has 2 amide bonds. The molecule has 2 N–H and O–H groups in total. The first-order valence-electron chi connectivity index (χ1n) is 14.2. The number of nitrogens with zero attached hydrogens (tertiary/aromatic N) is 4. The number of ether oxygens (including phenoxy) is 1. The van der Waals surface area contributed by atoms with Crippen molar-refractivity contribution in [1.82, 2.24) is 30.2 Å². The van der Waals surface area contributed by atoms with Crippen molar-refractivity contribution < 1.29 is 14.3 Å². The van der Waals surface area contributed by atoms with E-state index in [2.05, 4.69) is 22.5 Å². The quantitative estimate of drug-likeness (QED) is 0.180. The number of imidazole rings is 1. The second-order valence-electron chi connectivity index (χ2n) is 9.94. The number of rotatable bonds is 12. The van der Waals surface area contributed by atoms with Gasteiger partial charge >= 0.3 is 6.09 Å². The second-order valence-corrected chi connectivity index (χ2v) is 9.94. The zero-order chi connectivity index (χ0) is 29.1. The van der Waals surface area contributed by atoms with Crippen LogP contribution in [0.15, 0.2) is 91.5 Å². The molecule has 9 nitrogen and oxygen atoms in total. The van der Waals surface area contributed by atoms with Gasteiger partial charge in [0.05, 0.1) is 35.4 Å². The molecule has 2 aromatic heterocycles. The lowest BCUT2D eigenvalue weighted by molar-refractivity contribution is 0.0952. The molecule has 0 aliphatic heterocycles. The Hall–Kier alpha value is -5.05. The van der Waals surface area contributed by atoms with E-state index in [1.165, 1.54) is 0 Å². The van der Waals surface area contributed by atoms with Crippen molar-refractivity contribution in [2.75, 3.05) is 13.2 Å². The minimum Gasteiger partial charge on any atom is -0.450 e. The number of fused-ring (bicyclic) bond motifs is 1. The van der Waals surface area contributed by atoms with Gasteiger partial charge in [-0.05, 0) is 36.6 Å². The van der Waals surface area contributed by atoms with Crippen LogP contribution in [0.25, 0.3) is 33.5 Å². The monoisotopic (exact) mass is 562 g/mol. The molecular formula is C33H34N6O3. The van der Waals surface area contributed by atoms with Gasteiger partial charge in [0.2, 0.25) is 0 Å². The molecule has 0 saturated carbocycles. The number of hydrogen-bond donors (Lipinski definition) is 2. The average Bonchev–Trinajstić information content (AvgIpc) is 3.56. The SMILES string of the molecule is CCCCOC(=O)NCc1ccc(-c2nc3cc(C(=O)NCCCn4ccnc4)ccc3nc2-c2ccccc2)cc1. The molecule has 0 radical (unpaired) electrons. The summed E-state index contributed by atoms with van der Waals surface area (Å²) in [6.07, 6.45) is 7.61. The standard InChI is InChI=1S/C33H34N6O3/c1-2-3-20-42-33(41)36-22-24-10-12-26(13-11-24)31-30(25-8-5-4-6-9-25)37-28-15-14-27(21-29(28)38-31)32(40)35-16-7-18-39-19-17-34-23-39/h4-6,8-15,17,19,21,23H,2-3,7,16,18,20,22H2,1H3,(H,35,40)(H,36,41). The van der Waals surface area contributed by atoms with Gasteiger partial charge in [-0.15, -0.1) is 0 Å². The number of alkyl carbamates (subject to hydrolysis) is 1. The molecule has 0 unspecified atom stereocenters. The molecule has 214 valence electrons. The molecule has 0 atom stereocenters. The molecule has 5 rings (SSSR count). The lowest BCUT2D eigenvalue weighted by atomic mass is 10.0. The smallest absolute Gasteiger partial charge is 0.407 e. The summed E-state index contributed by atoms with van der Waals surface area (Å²) in [6.45, 7) is 4.17. The maximum atomic E-state index is 12.9. The Morgan fingerprint density at radius 3 is 2.36 bits per heavy atom. The van der Waals surface area contributed by atoms with Crippen LogP contribution in [0.1, 0.15) is 42.1 Å². The van der Waals surface area contributed by atoms with Crippen LogP contribution in [0.3, 0.4) is 0 Å². The number of nitrogens with one attached hydrogen (secondary N) is 2. The first kappa shape index (κ1) is 28.5. The second kappa shape index (κ2) is 14.0. The molecule has 42 heavy (non-hydrogen) atoms. The number of aromatic nitrogens is 4. The number of amides is 2. The van der Waals surface area contributed by atoms with Crippen LogP contribution in [-0.4, -0.2) is 44.7 Å². The third-order valence-corrected chi connectivity index (χ3v) is 6.81. The Bertz CT molecular complexity index is 1620. The van der Waals surface area contributed by atoms with Crippen LogP contribution in [0.5, 0.6) is 0 Å². The topological polar surface area (TPSA) is 111 Å². The average molecular weight is 563 g/mol. The number of aryl methyl sites for hydroxylation is 1. The van der Waals surface area contributed by atoms with Crippen molar-refractivity contribution in [3.05, 3.63) is 103 Å². The molecule has 3 aromatic carbocycles. The Morgan fingerprint density at radius 2 is 1.62 bits per heavy atom. The summed E-state index contributed by atoms with van der Waals surface area (Å²) >= 11 is 0. The summed E-state index contributed by atoms with van der Waals surface area (Å²) in [5.74, 6) is -0.150. The molecule has 2 heterocycles. The largest absolute Gasteiger partial charge is 0.450 e. The van der Waals surface area contributed by atoms with E-state index in [1.807, 2.05) is 71.4 Å². The van der Waals surface area contributed by atoms with E-state index in [4.69, 9.17) is 14.7 Å². The number of carbonyl (C=O) groups is 2. The van der Waals surface area contributed by atoms with E-state index in [0.29, 0.717) is 42.0 Å². The maximum absolute atomic E-state index is 12.9. The summed E-state index contributed by atoms with van der Waals surface area (Å²) in [6, 6.07) is 23.2. The third kappa shape index (κ3) is 7.37. The predicted molar refractivity (Wildman–Crippen MR) is 163 cm³/mol. The molecule has 9 heteroatoms. The Labute approximate surface area is 245 Å². The highest BCUT2D eigenvalue weighted by atomic mass is 16.5. The van der Waals surface area contributed by atoms with Crippen molar-refractivity contribution >= 4 is 23.0 Å². The van der Waals surface area contributed by atoms with E-state index in [0.717, 1.165) is 48.2 Å². The normalized spacial score (nSPS) is 10.9. The summed E-state index contributed by atoms with van der Waals surface area (Å²) < 4.78 is 7.15. The van der Waals surface area contributed by atoms with Gasteiger partial charge in [-0.3, -0.25) is 4.79 Å². The van der Waals surface area contributed by atoms with Crippen LogP contribution >= 0.6 is 0 Å². The highest BCUT2D eigenvalue weighted by molar-refractivity contribution is 5.98. The van der Waals surface area contributed by atoms with Crippen molar-refractivity contribution in [3.8, 4) is 22.5 Å². The van der Waals surface area contributed by atoms with Crippen molar-refractivity contribution in [2.45, 2.75) is 39.3 Å². The zero-order valence-electron chi connectivity index (χ0n) is 23.6. The molecule has 0 bridgehead atoms. The fourth-order valence-electron chi connectivity index (χ4n) is 4.49. The highest BCUT2D eigenvalue weighted by Crippen LogP contribution is 2.31. The molecule has 0 fully saturated rings. The molecular weight excluding hydrogens is 528 g/mol. The van der Waals surface area contributed by atoms with E-state index < -0.39 is 6.09 Å². The predicted octanol–water partition coefficient (Wildman–Crippen LogP) is 6.01. The van der Waals surface area contributed by atoms with Crippen molar-refractivity contribution in [1.29, 1.82) is 0 Å². The summed E-state index contributed by atoms with van der Waals surface area (Å²) in [4.78, 5) is 38.8. The zero-order valence-corrected chi connectivity index (χ0v) is 23.6. The summed E-state index contributed by atoms with van der Waals surface area (Å²) in [5.41, 5.74) is 6.11. The molecule has 0 aliphatic carbocycles. The minimum atomic E-state index is -0.419. The lowest BCUT2D eigenvalue weighted by Crippen LogP contribution is -2.25. The van der Waals surface area contributed by atoms with Crippen LogP contribution in [-0.2, 0) is 17.8 Å². The first-order chi connectivity index (χ1) is 20.6. The van der Waals surface area contributed by atoms with Gasteiger partial charge in [-0.2, -0.15) is 0 Å². The first-order valence-corrected chi connectivity index (χ1v) is 14.2. The van der Waals surface area contributed by atoms with Crippen LogP contribution in [0.2, 0.25) is 0 Å². The van der Waals surface area contributed by atoms with E-state index >= 15 is 0 Å². The van der Waals surface area contributed by atoms with Crippen LogP contribution in [0, 0.1) is 0 Å². The van der Waals surface area contributed by atoms with Gasteiger partial charge in [-0.1, -0.05) is 67.9 Å². The van der Waals surface area contributed by atoms with E-state index in [1.54, 1.807) is 24.7 Å². The Balaban J connectivity index is 1.35. The van der Waals surface area contributed by atoms with E-state index in [9.17, 15) is 9.59 Å². The number of hydrogen-bond acceptors (Lipinski definition) is 6. The summed E-state index contributed by atoms with van der Waals surface area (Å²) in [5, 5.41) is 5.78. The van der Waals surface area contributed by atoms with Crippen LogP contribution in [0.4, 0.5) is 4.79 Å². The lowest BCUT2D eigenvalue weighted by Gasteiger charge is -2.12. The molecule has 0 saturated heterocycles. The van der Waals surface area contributed by atoms with Gasteiger partial charge < -0.3 is 19.9 Å². The van der Waals surface area contributed by atoms with E-state index in [-0.39, 0.29) is 5.91 Å². The molecule has 5 aromatic rings. The fraction of sp³-hybridized carbons (Fsp3) is 0.242. The van der Waals surface area contributed by atoms with Crippen molar-refractivity contribution in [2.24, 2.45) is 0 Å². The minimum absolute atomic E-state index is 0.150. The number of unbranched alkanes of at least 4 members (excludes halogenated alkanes) is 1.